The van der Waals surface area contributed by atoms with Crippen LogP contribution in [0.2, 0.25) is 0 Å². The molecule has 1 heterocycles. The summed E-state index contributed by atoms with van der Waals surface area (Å²) in [4.78, 5) is 16.2. The number of ether oxygens (including phenoxy) is 1. The molecule has 0 aromatic heterocycles. The molecule has 3 rings (SSSR count). The number of benzene rings is 2. The van der Waals surface area contributed by atoms with Crippen molar-refractivity contribution >= 4 is 41.5 Å². The third-order valence-corrected chi connectivity index (χ3v) is 4.48. The second-order valence-corrected chi connectivity index (χ2v) is 6.61. The minimum Gasteiger partial charge on any atom is -0.489 e. The van der Waals surface area contributed by atoms with Gasteiger partial charge in [0.1, 0.15) is 11.9 Å². The number of hydrogen-bond donors (Lipinski definition) is 3. The van der Waals surface area contributed by atoms with Crippen LogP contribution in [-0.2, 0) is 4.79 Å². The summed E-state index contributed by atoms with van der Waals surface area (Å²) in [7, 11) is 1.74. The fraction of sp³-hybridized carbons (Fsp3) is 0.333. The largest absolute Gasteiger partial charge is 0.489 e. The second kappa shape index (κ2) is 10.9. The standard InChI is InChI=1S/C21H26N4O2.HI/c1-15(27-17-8-4-3-5-9-17)13-23-21(22-2)24-14-16-12-20(26)25-19-11-7-6-10-18(16)19;/h3-11,15-16H,12-14H2,1-2H3,(H,25,26)(H2,22,23,24);1H. The highest BCUT2D eigenvalue weighted by Gasteiger charge is 2.24. The lowest BCUT2D eigenvalue weighted by Crippen LogP contribution is -2.43. The molecule has 0 aliphatic carbocycles. The molecule has 0 radical (unpaired) electrons. The van der Waals surface area contributed by atoms with E-state index in [0.29, 0.717) is 25.5 Å². The van der Waals surface area contributed by atoms with Gasteiger partial charge in [-0.3, -0.25) is 9.79 Å². The highest BCUT2D eigenvalue weighted by atomic mass is 127. The fourth-order valence-electron chi connectivity index (χ4n) is 3.14. The predicted molar refractivity (Wildman–Crippen MR) is 124 cm³/mol. The van der Waals surface area contributed by atoms with Gasteiger partial charge in [0.15, 0.2) is 5.96 Å². The fourth-order valence-corrected chi connectivity index (χ4v) is 3.14. The number of hydrogen-bond acceptors (Lipinski definition) is 3. The third-order valence-electron chi connectivity index (χ3n) is 4.48. The number of rotatable bonds is 6. The number of guanidine groups is 1. The summed E-state index contributed by atoms with van der Waals surface area (Å²) in [6.07, 6.45) is 0.460. The molecule has 3 N–H and O–H groups in total. The van der Waals surface area contributed by atoms with Crippen molar-refractivity contribution < 1.29 is 9.53 Å². The van der Waals surface area contributed by atoms with Crippen LogP contribution in [0.3, 0.4) is 0 Å². The Morgan fingerprint density at radius 3 is 2.64 bits per heavy atom. The van der Waals surface area contributed by atoms with E-state index in [-0.39, 0.29) is 41.9 Å². The van der Waals surface area contributed by atoms with Crippen molar-refractivity contribution in [2.24, 2.45) is 4.99 Å². The Morgan fingerprint density at radius 2 is 1.89 bits per heavy atom. The van der Waals surface area contributed by atoms with Crippen molar-refractivity contribution in [3.05, 3.63) is 60.2 Å². The molecule has 0 saturated heterocycles. The molecule has 0 fully saturated rings. The highest BCUT2D eigenvalue weighted by Crippen LogP contribution is 2.31. The minimum atomic E-state index is -0.00728. The van der Waals surface area contributed by atoms with Crippen LogP contribution in [0.1, 0.15) is 24.8 Å². The summed E-state index contributed by atoms with van der Waals surface area (Å²) < 4.78 is 5.87. The van der Waals surface area contributed by atoms with Crippen LogP contribution in [0.5, 0.6) is 5.75 Å². The zero-order valence-electron chi connectivity index (χ0n) is 16.1. The summed E-state index contributed by atoms with van der Waals surface area (Å²) in [6.45, 7) is 3.27. The van der Waals surface area contributed by atoms with Gasteiger partial charge in [-0.1, -0.05) is 36.4 Å². The van der Waals surface area contributed by atoms with E-state index in [1.165, 1.54) is 0 Å². The van der Waals surface area contributed by atoms with Gasteiger partial charge in [-0.05, 0) is 30.7 Å². The van der Waals surface area contributed by atoms with Crippen LogP contribution in [0, 0.1) is 0 Å². The van der Waals surface area contributed by atoms with E-state index in [4.69, 9.17) is 4.74 Å². The molecule has 6 nitrogen and oxygen atoms in total. The van der Waals surface area contributed by atoms with Crippen molar-refractivity contribution in [1.82, 2.24) is 10.6 Å². The first-order chi connectivity index (χ1) is 13.2. The van der Waals surface area contributed by atoms with Gasteiger partial charge in [0.2, 0.25) is 5.91 Å². The number of amides is 1. The van der Waals surface area contributed by atoms with Crippen molar-refractivity contribution in [2.45, 2.75) is 25.4 Å². The number of para-hydroxylation sites is 2. The van der Waals surface area contributed by atoms with Crippen molar-refractivity contribution in [3.8, 4) is 5.75 Å². The van der Waals surface area contributed by atoms with Crippen molar-refractivity contribution in [2.75, 3.05) is 25.5 Å². The molecule has 1 aliphatic rings. The van der Waals surface area contributed by atoms with E-state index in [9.17, 15) is 4.79 Å². The quantitative estimate of drug-likeness (QED) is 0.327. The number of fused-ring (bicyclic) bond motifs is 1. The Kier molecular flexibility index (Phi) is 8.56. The first kappa shape index (κ1) is 22.0. The van der Waals surface area contributed by atoms with Gasteiger partial charge < -0.3 is 20.7 Å². The predicted octanol–water partition coefficient (Wildman–Crippen LogP) is 3.36. The Balaban J connectivity index is 0.00000280. The molecular formula is C21H27IN4O2. The molecular weight excluding hydrogens is 467 g/mol. The van der Waals surface area contributed by atoms with Gasteiger partial charge in [-0.15, -0.1) is 24.0 Å². The Bertz CT molecular complexity index is 798. The van der Waals surface area contributed by atoms with Gasteiger partial charge in [-0.2, -0.15) is 0 Å². The van der Waals surface area contributed by atoms with E-state index in [2.05, 4.69) is 27.0 Å². The smallest absolute Gasteiger partial charge is 0.225 e. The lowest BCUT2D eigenvalue weighted by Gasteiger charge is -2.26. The average Bonchev–Trinajstić information content (AvgIpc) is 2.68. The third kappa shape index (κ3) is 6.12. The maximum Gasteiger partial charge on any atom is 0.225 e. The number of nitrogens with one attached hydrogen (secondary N) is 3. The van der Waals surface area contributed by atoms with E-state index in [0.717, 1.165) is 17.0 Å². The van der Waals surface area contributed by atoms with Crippen molar-refractivity contribution in [3.63, 3.8) is 0 Å². The van der Waals surface area contributed by atoms with Crippen LogP contribution in [0.4, 0.5) is 5.69 Å². The van der Waals surface area contributed by atoms with Gasteiger partial charge in [-0.25, -0.2) is 0 Å². The molecule has 1 amide bonds. The van der Waals surface area contributed by atoms with Crippen LogP contribution in [-0.4, -0.2) is 38.1 Å². The first-order valence-electron chi connectivity index (χ1n) is 9.20. The molecule has 0 bridgehead atoms. The summed E-state index contributed by atoms with van der Waals surface area (Å²) in [5.41, 5.74) is 2.05. The molecule has 2 aromatic carbocycles. The molecule has 7 heteroatoms. The molecule has 0 saturated carbocycles. The van der Waals surface area contributed by atoms with Crippen LogP contribution in [0.15, 0.2) is 59.6 Å². The van der Waals surface area contributed by atoms with Crippen LogP contribution >= 0.6 is 24.0 Å². The summed E-state index contributed by atoms with van der Waals surface area (Å²) in [5.74, 6) is 1.71. The SMILES string of the molecule is CN=C(NCC(C)Oc1ccccc1)NCC1CC(=O)Nc2ccccc21.I. The summed E-state index contributed by atoms with van der Waals surface area (Å²) in [6, 6.07) is 17.7. The second-order valence-electron chi connectivity index (χ2n) is 6.61. The van der Waals surface area contributed by atoms with E-state index in [1.807, 2.05) is 55.5 Å². The summed E-state index contributed by atoms with van der Waals surface area (Å²) >= 11 is 0. The van der Waals surface area contributed by atoms with Gasteiger partial charge in [0.05, 0.1) is 6.54 Å². The van der Waals surface area contributed by atoms with E-state index >= 15 is 0 Å². The normalized spacial score (nSPS) is 16.9. The molecule has 0 spiro atoms. The van der Waals surface area contributed by atoms with Crippen LogP contribution < -0.4 is 20.7 Å². The Morgan fingerprint density at radius 1 is 1.18 bits per heavy atom. The van der Waals surface area contributed by atoms with Gasteiger partial charge in [0, 0.05) is 31.6 Å². The lowest BCUT2D eigenvalue weighted by molar-refractivity contribution is -0.116. The topological polar surface area (TPSA) is 74.8 Å². The monoisotopic (exact) mass is 494 g/mol. The van der Waals surface area contributed by atoms with E-state index < -0.39 is 0 Å². The summed E-state index contributed by atoms with van der Waals surface area (Å²) in [5, 5.41) is 9.53. The molecule has 2 atom stereocenters. The minimum absolute atomic E-state index is 0. The number of aliphatic imine (C=N–C) groups is 1. The number of nitrogens with zero attached hydrogens (tertiary/aromatic N) is 1. The van der Waals surface area contributed by atoms with Gasteiger partial charge in [0.25, 0.3) is 0 Å². The Labute approximate surface area is 183 Å². The lowest BCUT2D eigenvalue weighted by atomic mass is 9.90. The van der Waals surface area contributed by atoms with Gasteiger partial charge >= 0.3 is 0 Å². The zero-order valence-corrected chi connectivity index (χ0v) is 18.5. The molecule has 2 unspecified atom stereocenters. The maximum absolute atomic E-state index is 11.9. The van der Waals surface area contributed by atoms with Crippen molar-refractivity contribution in [1.29, 1.82) is 0 Å². The van der Waals surface area contributed by atoms with E-state index in [1.54, 1.807) is 7.05 Å². The number of anilines is 1. The molecule has 2 aromatic rings. The maximum atomic E-state index is 11.9. The Hall–Kier alpha value is -2.29. The molecule has 1 aliphatic heterocycles. The number of carbonyl (C=O) groups excluding carboxylic acids is 1. The molecule has 28 heavy (non-hydrogen) atoms. The molecule has 150 valence electrons. The first-order valence-corrected chi connectivity index (χ1v) is 9.20. The highest BCUT2D eigenvalue weighted by molar-refractivity contribution is 14.0. The number of halogens is 1. The zero-order chi connectivity index (χ0) is 19.1. The average molecular weight is 494 g/mol. The number of carbonyl (C=O) groups is 1. The van der Waals surface area contributed by atoms with Crippen LogP contribution in [0.25, 0.3) is 0 Å².